The van der Waals surface area contributed by atoms with Gasteiger partial charge in [0.05, 0.1) is 11.2 Å². The fraction of sp³-hybridized carbons (Fsp3) is 0.455. The summed E-state index contributed by atoms with van der Waals surface area (Å²) in [5.41, 5.74) is 2.53. The van der Waals surface area contributed by atoms with Crippen LogP contribution in [0.15, 0.2) is 53.4 Å². The van der Waals surface area contributed by atoms with Crippen LogP contribution in [0, 0.1) is 5.82 Å². The molecule has 32 heavy (non-hydrogen) atoms. The molecule has 2 aromatic rings. The van der Waals surface area contributed by atoms with E-state index in [-0.39, 0.29) is 30.1 Å². The minimum absolute atomic E-state index is 0.00438. The SMILES string of the molecule is CS(=O)(=O)NCCN([C@@H]1CCN2CCc3ccccc3[C@@H]2C1)S(=O)(=O)c1ccc(F)cc1. The van der Waals surface area contributed by atoms with Crippen molar-refractivity contribution in [2.75, 3.05) is 32.4 Å². The minimum Gasteiger partial charge on any atom is -0.296 e. The van der Waals surface area contributed by atoms with Gasteiger partial charge in [-0.2, -0.15) is 4.31 Å². The van der Waals surface area contributed by atoms with Crippen LogP contribution >= 0.6 is 0 Å². The molecule has 1 N–H and O–H groups in total. The lowest BCUT2D eigenvalue weighted by atomic mass is 9.85. The number of rotatable bonds is 7. The average Bonchev–Trinajstić information content (AvgIpc) is 2.76. The Morgan fingerprint density at radius 2 is 1.78 bits per heavy atom. The Morgan fingerprint density at radius 3 is 2.50 bits per heavy atom. The molecule has 2 aliphatic rings. The number of halogens is 1. The van der Waals surface area contributed by atoms with Crippen molar-refractivity contribution in [1.82, 2.24) is 13.9 Å². The molecule has 174 valence electrons. The van der Waals surface area contributed by atoms with Crippen LogP contribution in [-0.4, -0.2) is 64.5 Å². The molecular formula is C22H28FN3O4S2. The summed E-state index contributed by atoms with van der Waals surface area (Å²) in [5.74, 6) is -0.513. The van der Waals surface area contributed by atoms with Gasteiger partial charge in [-0.05, 0) is 54.7 Å². The second kappa shape index (κ2) is 9.18. The zero-order chi connectivity index (χ0) is 22.9. The highest BCUT2D eigenvalue weighted by Crippen LogP contribution is 2.39. The van der Waals surface area contributed by atoms with E-state index in [1.807, 2.05) is 12.1 Å². The van der Waals surface area contributed by atoms with E-state index in [2.05, 4.69) is 21.8 Å². The summed E-state index contributed by atoms with van der Waals surface area (Å²) in [6, 6.07) is 12.9. The zero-order valence-electron chi connectivity index (χ0n) is 17.9. The summed E-state index contributed by atoms with van der Waals surface area (Å²) < 4.78 is 67.3. The summed E-state index contributed by atoms with van der Waals surface area (Å²) in [5, 5.41) is 0. The predicted octanol–water partition coefficient (Wildman–Crippen LogP) is 2.13. The van der Waals surface area contributed by atoms with Gasteiger partial charge in [-0.3, -0.25) is 4.90 Å². The van der Waals surface area contributed by atoms with Gasteiger partial charge in [0.1, 0.15) is 5.82 Å². The second-order valence-corrected chi connectivity index (χ2v) is 12.1. The number of hydrogen-bond acceptors (Lipinski definition) is 5. The van der Waals surface area contributed by atoms with Crippen molar-refractivity contribution in [3.05, 3.63) is 65.5 Å². The molecule has 0 aromatic heterocycles. The first-order valence-electron chi connectivity index (χ1n) is 10.7. The second-order valence-electron chi connectivity index (χ2n) is 8.41. The van der Waals surface area contributed by atoms with Gasteiger partial charge in [0.15, 0.2) is 0 Å². The van der Waals surface area contributed by atoms with Crippen molar-refractivity contribution in [1.29, 1.82) is 0 Å². The van der Waals surface area contributed by atoms with Crippen molar-refractivity contribution in [2.24, 2.45) is 0 Å². The van der Waals surface area contributed by atoms with E-state index in [0.717, 1.165) is 37.9 Å². The largest absolute Gasteiger partial charge is 0.296 e. The molecule has 2 aromatic carbocycles. The number of fused-ring (bicyclic) bond motifs is 3. The van der Waals surface area contributed by atoms with Crippen molar-refractivity contribution >= 4 is 20.0 Å². The molecule has 7 nitrogen and oxygen atoms in total. The number of benzene rings is 2. The van der Waals surface area contributed by atoms with Crippen LogP contribution in [-0.2, 0) is 26.5 Å². The van der Waals surface area contributed by atoms with Gasteiger partial charge >= 0.3 is 0 Å². The molecule has 1 fully saturated rings. The Hall–Kier alpha value is -1.85. The predicted molar refractivity (Wildman–Crippen MR) is 121 cm³/mol. The van der Waals surface area contributed by atoms with E-state index in [1.165, 1.54) is 27.6 Å². The quantitative estimate of drug-likeness (QED) is 0.655. The maximum Gasteiger partial charge on any atom is 0.243 e. The fourth-order valence-corrected chi connectivity index (χ4v) is 6.91. The molecule has 0 spiro atoms. The molecule has 1 saturated heterocycles. The van der Waals surface area contributed by atoms with Gasteiger partial charge in [-0.1, -0.05) is 24.3 Å². The lowest BCUT2D eigenvalue weighted by Crippen LogP contribution is -2.51. The van der Waals surface area contributed by atoms with E-state index < -0.39 is 25.9 Å². The van der Waals surface area contributed by atoms with E-state index in [1.54, 1.807) is 0 Å². The Labute approximate surface area is 189 Å². The third kappa shape index (κ3) is 5.04. The molecule has 2 aliphatic heterocycles. The number of sulfonamides is 2. The van der Waals surface area contributed by atoms with Crippen LogP contribution in [0.5, 0.6) is 0 Å². The van der Waals surface area contributed by atoms with Gasteiger partial charge in [0.2, 0.25) is 20.0 Å². The summed E-state index contributed by atoms with van der Waals surface area (Å²) in [4.78, 5) is 2.40. The molecule has 2 atom stereocenters. The van der Waals surface area contributed by atoms with Crippen LogP contribution in [0.2, 0.25) is 0 Å². The molecule has 0 radical (unpaired) electrons. The van der Waals surface area contributed by atoms with E-state index >= 15 is 0 Å². The number of nitrogens with zero attached hydrogens (tertiary/aromatic N) is 2. The van der Waals surface area contributed by atoms with Gasteiger partial charge < -0.3 is 0 Å². The Kier molecular flexibility index (Phi) is 6.69. The van der Waals surface area contributed by atoms with Crippen LogP contribution in [0.3, 0.4) is 0 Å². The van der Waals surface area contributed by atoms with Crippen molar-refractivity contribution in [3.63, 3.8) is 0 Å². The molecule has 0 amide bonds. The number of hydrogen-bond donors (Lipinski definition) is 1. The maximum atomic E-state index is 13.5. The van der Waals surface area contributed by atoms with Gasteiger partial charge in [0, 0.05) is 38.3 Å². The smallest absolute Gasteiger partial charge is 0.243 e. The highest BCUT2D eigenvalue weighted by atomic mass is 32.2. The van der Waals surface area contributed by atoms with Crippen LogP contribution in [0.4, 0.5) is 4.39 Å². The molecule has 2 heterocycles. The summed E-state index contributed by atoms with van der Waals surface area (Å²) in [7, 11) is -7.39. The standard InChI is InChI=1S/C22H28FN3O4S2/c1-31(27,28)24-12-15-26(32(29,30)20-8-6-18(23)7-9-20)19-11-14-25-13-10-17-4-2-3-5-21(17)22(25)16-19/h2-9,19,22,24H,10-16H2,1H3/t19-,22+/m1/s1. The number of piperidine rings is 1. The summed E-state index contributed by atoms with van der Waals surface area (Å²) in [6.07, 6.45) is 3.30. The Morgan fingerprint density at radius 1 is 1.06 bits per heavy atom. The monoisotopic (exact) mass is 481 g/mol. The van der Waals surface area contributed by atoms with Gasteiger partial charge in [-0.15, -0.1) is 0 Å². The molecule has 0 saturated carbocycles. The van der Waals surface area contributed by atoms with E-state index in [0.29, 0.717) is 12.8 Å². The molecule has 4 rings (SSSR count). The first-order chi connectivity index (χ1) is 15.1. The lowest BCUT2D eigenvalue weighted by molar-refractivity contribution is 0.0911. The van der Waals surface area contributed by atoms with Crippen LogP contribution < -0.4 is 4.72 Å². The molecule has 0 bridgehead atoms. The van der Waals surface area contributed by atoms with E-state index in [9.17, 15) is 21.2 Å². The third-order valence-electron chi connectivity index (χ3n) is 6.29. The first-order valence-corrected chi connectivity index (χ1v) is 14.0. The molecule has 10 heteroatoms. The number of nitrogens with one attached hydrogen (secondary N) is 1. The maximum absolute atomic E-state index is 13.5. The summed E-state index contributed by atoms with van der Waals surface area (Å²) in [6.45, 7) is 1.68. The van der Waals surface area contributed by atoms with Crippen LogP contribution in [0.25, 0.3) is 0 Å². The van der Waals surface area contributed by atoms with Crippen molar-refractivity contribution in [3.8, 4) is 0 Å². The average molecular weight is 482 g/mol. The van der Waals surface area contributed by atoms with Crippen LogP contribution in [0.1, 0.15) is 30.0 Å². The Balaban J connectivity index is 1.63. The molecular weight excluding hydrogens is 453 g/mol. The highest BCUT2D eigenvalue weighted by molar-refractivity contribution is 7.89. The minimum atomic E-state index is -3.94. The Bertz CT molecular complexity index is 1170. The van der Waals surface area contributed by atoms with E-state index in [4.69, 9.17) is 0 Å². The van der Waals surface area contributed by atoms with Gasteiger partial charge in [0.25, 0.3) is 0 Å². The zero-order valence-corrected chi connectivity index (χ0v) is 19.6. The summed E-state index contributed by atoms with van der Waals surface area (Å²) >= 11 is 0. The van der Waals surface area contributed by atoms with Crippen molar-refractivity contribution < 1.29 is 21.2 Å². The van der Waals surface area contributed by atoms with Gasteiger partial charge in [-0.25, -0.2) is 25.9 Å². The third-order valence-corrected chi connectivity index (χ3v) is 8.99. The first kappa shape index (κ1) is 23.3. The molecule has 0 unspecified atom stereocenters. The highest BCUT2D eigenvalue weighted by Gasteiger charge is 2.39. The fourth-order valence-electron chi connectivity index (χ4n) is 4.78. The topological polar surface area (TPSA) is 86.8 Å². The lowest BCUT2D eigenvalue weighted by Gasteiger charge is -2.46. The molecule has 0 aliphatic carbocycles. The normalized spacial score (nSPS) is 21.8. The van der Waals surface area contributed by atoms with Crippen molar-refractivity contribution in [2.45, 2.75) is 36.2 Å².